The second-order valence-electron chi connectivity index (χ2n) is 15.1. The van der Waals surface area contributed by atoms with E-state index in [4.69, 9.17) is 19.4 Å². The largest absolute Gasteiger partial charge is 0.454 e. The molecule has 59 heavy (non-hydrogen) atoms. The second-order valence-corrected chi connectivity index (χ2v) is 15.1. The molecule has 0 N–H and O–H groups in total. The van der Waals surface area contributed by atoms with Gasteiger partial charge in [0.05, 0.1) is 16.9 Å². The van der Waals surface area contributed by atoms with Crippen molar-refractivity contribution in [3.8, 4) is 56.3 Å². The number of pyridine rings is 1. The third-order valence-electron chi connectivity index (χ3n) is 11.7. The van der Waals surface area contributed by atoms with E-state index in [9.17, 15) is 0 Å². The molecular formula is C55H33N3O. The third kappa shape index (κ3) is 5.42. The predicted octanol–water partition coefficient (Wildman–Crippen LogP) is 14.7. The van der Waals surface area contributed by atoms with Crippen molar-refractivity contribution >= 4 is 65.2 Å². The lowest BCUT2D eigenvalue weighted by molar-refractivity contribution is 0.669. The van der Waals surface area contributed by atoms with E-state index in [2.05, 4.69) is 164 Å². The normalized spacial score (nSPS) is 11.7. The molecule has 0 radical (unpaired) electrons. The molecule has 274 valence electrons. The van der Waals surface area contributed by atoms with E-state index in [1.165, 1.54) is 27.1 Å². The zero-order chi connectivity index (χ0) is 38.9. The van der Waals surface area contributed by atoms with Crippen LogP contribution >= 0.6 is 0 Å². The van der Waals surface area contributed by atoms with Crippen molar-refractivity contribution in [2.75, 3.05) is 0 Å². The van der Waals surface area contributed by atoms with Gasteiger partial charge in [0.1, 0.15) is 11.3 Å². The summed E-state index contributed by atoms with van der Waals surface area (Å²) >= 11 is 0. The maximum Gasteiger partial charge on any atom is 0.162 e. The molecule has 4 heteroatoms. The summed E-state index contributed by atoms with van der Waals surface area (Å²) in [5, 5.41) is 10.4. The smallest absolute Gasteiger partial charge is 0.162 e. The van der Waals surface area contributed by atoms with Gasteiger partial charge in [0.25, 0.3) is 0 Å². The standard InChI is InChI=1S/C55H33N3O/c1-2-14-36(15-3-1)55-57-49(35-28-26-34(27-29-35)47-32-37-16-4-5-17-38(37)39-18-6-9-21-42(39)47)33-50(58-55)43-30-31-44(41-20-8-7-19-40(41)43)53-54-52(45-22-10-12-24-48(45)56-53)46-23-11-13-25-51(46)59-54/h1-33H. The van der Waals surface area contributed by atoms with Crippen LogP contribution in [0.1, 0.15) is 0 Å². The van der Waals surface area contributed by atoms with E-state index in [1.54, 1.807) is 0 Å². The van der Waals surface area contributed by atoms with E-state index >= 15 is 0 Å². The quantitative estimate of drug-likeness (QED) is 0.164. The average Bonchev–Trinajstić information content (AvgIpc) is 3.71. The van der Waals surface area contributed by atoms with Gasteiger partial charge in [-0.2, -0.15) is 0 Å². The molecule has 0 spiro atoms. The first kappa shape index (κ1) is 33.2. The number of aromatic nitrogens is 3. The molecule has 12 aromatic rings. The van der Waals surface area contributed by atoms with Crippen LogP contribution in [0.25, 0.3) is 121 Å². The monoisotopic (exact) mass is 751 g/mol. The van der Waals surface area contributed by atoms with Crippen LogP contribution in [0.5, 0.6) is 0 Å². The molecule has 0 aliphatic carbocycles. The Morgan fingerprint density at radius 2 is 0.915 bits per heavy atom. The zero-order valence-corrected chi connectivity index (χ0v) is 31.8. The van der Waals surface area contributed by atoms with Crippen LogP contribution in [0, 0.1) is 0 Å². The minimum absolute atomic E-state index is 0.677. The van der Waals surface area contributed by atoms with Crippen LogP contribution < -0.4 is 0 Å². The van der Waals surface area contributed by atoms with E-state index < -0.39 is 0 Å². The highest BCUT2D eigenvalue weighted by Crippen LogP contribution is 2.43. The van der Waals surface area contributed by atoms with E-state index in [-0.39, 0.29) is 0 Å². The van der Waals surface area contributed by atoms with E-state index in [0.29, 0.717) is 5.82 Å². The number of hydrogen-bond acceptors (Lipinski definition) is 4. The van der Waals surface area contributed by atoms with E-state index in [0.717, 1.165) is 88.5 Å². The third-order valence-corrected chi connectivity index (χ3v) is 11.7. The van der Waals surface area contributed by atoms with Crippen LogP contribution in [0.4, 0.5) is 0 Å². The van der Waals surface area contributed by atoms with E-state index in [1.807, 2.05) is 36.4 Å². The summed E-state index contributed by atoms with van der Waals surface area (Å²) in [4.78, 5) is 15.7. The molecule has 0 saturated heterocycles. The van der Waals surface area contributed by atoms with Crippen molar-refractivity contribution in [1.82, 2.24) is 15.0 Å². The van der Waals surface area contributed by atoms with Gasteiger partial charge < -0.3 is 4.42 Å². The highest BCUT2D eigenvalue weighted by Gasteiger charge is 2.21. The highest BCUT2D eigenvalue weighted by molar-refractivity contribution is 6.22. The molecule has 12 rings (SSSR count). The van der Waals surface area contributed by atoms with Gasteiger partial charge in [-0.25, -0.2) is 15.0 Å². The number of hydrogen-bond donors (Lipinski definition) is 0. The zero-order valence-electron chi connectivity index (χ0n) is 31.8. The van der Waals surface area contributed by atoms with Crippen molar-refractivity contribution in [3.05, 3.63) is 200 Å². The van der Waals surface area contributed by atoms with Gasteiger partial charge in [0.15, 0.2) is 11.4 Å². The Balaban J connectivity index is 1.03. The molecular weight excluding hydrogens is 719 g/mol. The number of benzene rings is 9. The molecule has 0 aliphatic rings. The van der Waals surface area contributed by atoms with Gasteiger partial charge in [-0.1, -0.05) is 176 Å². The fourth-order valence-corrected chi connectivity index (χ4v) is 8.91. The lowest BCUT2D eigenvalue weighted by Crippen LogP contribution is -1.97. The van der Waals surface area contributed by atoms with Crippen molar-refractivity contribution < 1.29 is 4.42 Å². The SMILES string of the molecule is c1ccc(-c2nc(-c3ccc(-c4cc5ccccc5c5ccccc45)cc3)cc(-c3ccc(-c4nc5ccccc5c5c4oc4ccccc45)c4ccccc34)n2)cc1. The summed E-state index contributed by atoms with van der Waals surface area (Å²) in [5.74, 6) is 0.677. The second kappa shape index (κ2) is 13.3. The molecule has 3 heterocycles. The summed E-state index contributed by atoms with van der Waals surface area (Å²) in [6, 6.07) is 70.3. The van der Waals surface area contributed by atoms with Gasteiger partial charge >= 0.3 is 0 Å². The molecule has 0 aliphatic heterocycles. The molecule has 0 saturated carbocycles. The van der Waals surface area contributed by atoms with Gasteiger partial charge in [0, 0.05) is 38.4 Å². The minimum atomic E-state index is 0.677. The van der Waals surface area contributed by atoms with Gasteiger partial charge in [-0.05, 0) is 67.7 Å². The lowest BCUT2D eigenvalue weighted by Gasteiger charge is -2.14. The Morgan fingerprint density at radius 3 is 1.71 bits per heavy atom. The number of para-hydroxylation sites is 2. The first-order valence-electron chi connectivity index (χ1n) is 19.9. The topological polar surface area (TPSA) is 51.8 Å². The fourth-order valence-electron chi connectivity index (χ4n) is 8.91. The van der Waals surface area contributed by atoms with Crippen molar-refractivity contribution in [1.29, 1.82) is 0 Å². The van der Waals surface area contributed by atoms with Crippen molar-refractivity contribution in [3.63, 3.8) is 0 Å². The number of nitrogens with zero attached hydrogens (tertiary/aromatic N) is 3. The summed E-state index contributed by atoms with van der Waals surface area (Å²) in [5.41, 5.74) is 11.5. The predicted molar refractivity (Wildman–Crippen MR) is 244 cm³/mol. The molecule has 0 bridgehead atoms. The number of fused-ring (bicyclic) bond motifs is 9. The summed E-state index contributed by atoms with van der Waals surface area (Å²) in [6.07, 6.45) is 0. The summed E-state index contributed by atoms with van der Waals surface area (Å²) in [6.45, 7) is 0. The first-order valence-corrected chi connectivity index (χ1v) is 19.9. The highest BCUT2D eigenvalue weighted by atomic mass is 16.3. The van der Waals surface area contributed by atoms with Gasteiger partial charge in [0.2, 0.25) is 0 Å². The van der Waals surface area contributed by atoms with Crippen LogP contribution in [0.15, 0.2) is 205 Å². The first-order chi connectivity index (χ1) is 29.2. The molecule has 3 aromatic heterocycles. The minimum Gasteiger partial charge on any atom is -0.454 e. The molecule has 4 nitrogen and oxygen atoms in total. The van der Waals surface area contributed by atoms with Gasteiger partial charge in [-0.15, -0.1) is 0 Å². The maximum atomic E-state index is 6.63. The number of furan rings is 1. The molecule has 0 fully saturated rings. The van der Waals surface area contributed by atoms with Crippen LogP contribution in [0.3, 0.4) is 0 Å². The Bertz CT molecular complexity index is 3610. The number of rotatable bonds is 5. The van der Waals surface area contributed by atoms with Crippen LogP contribution in [-0.4, -0.2) is 15.0 Å². The Kier molecular flexibility index (Phi) is 7.50. The molecule has 0 unspecified atom stereocenters. The van der Waals surface area contributed by atoms with Crippen LogP contribution in [-0.2, 0) is 0 Å². The van der Waals surface area contributed by atoms with Crippen molar-refractivity contribution in [2.24, 2.45) is 0 Å². The Morgan fingerprint density at radius 1 is 0.339 bits per heavy atom. The molecule has 9 aromatic carbocycles. The van der Waals surface area contributed by atoms with Crippen molar-refractivity contribution in [2.45, 2.75) is 0 Å². The van der Waals surface area contributed by atoms with Gasteiger partial charge in [-0.3, -0.25) is 0 Å². The van der Waals surface area contributed by atoms with Crippen LogP contribution in [0.2, 0.25) is 0 Å². The summed E-state index contributed by atoms with van der Waals surface area (Å²) < 4.78 is 6.63. The molecule has 0 atom stereocenters. The Hall–Kier alpha value is -7.95. The average molecular weight is 752 g/mol. The lowest BCUT2D eigenvalue weighted by atomic mass is 9.92. The Labute approximate surface area is 339 Å². The maximum absolute atomic E-state index is 6.63. The fraction of sp³-hybridized carbons (Fsp3) is 0. The molecule has 0 amide bonds. The summed E-state index contributed by atoms with van der Waals surface area (Å²) in [7, 11) is 0.